The maximum absolute atomic E-state index is 12.9. The summed E-state index contributed by atoms with van der Waals surface area (Å²) in [4.78, 5) is 18.9. The molecule has 26 heavy (non-hydrogen) atoms. The number of carbonyl (C=O) groups is 1. The zero-order chi connectivity index (χ0) is 18.5. The third-order valence-corrected chi connectivity index (χ3v) is 4.96. The van der Waals surface area contributed by atoms with Gasteiger partial charge in [0.2, 0.25) is 0 Å². The lowest BCUT2D eigenvalue weighted by molar-refractivity contribution is 0.0781. The molecule has 134 valence electrons. The number of carbonyl (C=O) groups excluding carboxylic acids is 1. The fraction of sp³-hybridized carbons (Fsp3) is 0.211. The van der Waals surface area contributed by atoms with Gasteiger partial charge in [-0.1, -0.05) is 40.7 Å². The molecule has 2 aromatic heterocycles. The Hall–Kier alpha value is -2.31. The number of pyridine rings is 1. The highest BCUT2D eigenvalue weighted by molar-refractivity contribution is 7.98. The van der Waals surface area contributed by atoms with Crippen LogP contribution in [0.4, 0.5) is 0 Å². The van der Waals surface area contributed by atoms with E-state index in [9.17, 15) is 4.79 Å². The zero-order valence-electron chi connectivity index (χ0n) is 14.5. The number of thioether (sulfide) groups is 1. The molecule has 0 unspecified atom stereocenters. The lowest BCUT2D eigenvalue weighted by Gasteiger charge is -2.18. The second-order valence-corrected chi connectivity index (χ2v) is 7.27. The third kappa shape index (κ3) is 4.65. The average molecular weight is 388 g/mol. The minimum atomic E-state index is -0.0862. The highest BCUT2D eigenvalue weighted by atomic mass is 35.5. The summed E-state index contributed by atoms with van der Waals surface area (Å²) in [5.74, 6) is 1.27. The van der Waals surface area contributed by atoms with E-state index in [1.54, 1.807) is 30.3 Å². The summed E-state index contributed by atoms with van der Waals surface area (Å²) in [6, 6.07) is 12.9. The Morgan fingerprint density at radius 3 is 2.85 bits per heavy atom. The third-order valence-electron chi connectivity index (χ3n) is 3.69. The van der Waals surface area contributed by atoms with Gasteiger partial charge in [-0.25, -0.2) is 4.98 Å². The van der Waals surface area contributed by atoms with Crippen molar-refractivity contribution in [2.24, 2.45) is 0 Å². The van der Waals surface area contributed by atoms with E-state index in [2.05, 4.69) is 10.1 Å². The molecule has 7 heteroatoms. The van der Waals surface area contributed by atoms with Gasteiger partial charge in [0.05, 0.1) is 11.3 Å². The van der Waals surface area contributed by atoms with Crippen LogP contribution in [-0.2, 0) is 12.3 Å². The largest absolute Gasteiger partial charge is 0.361 e. The predicted molar refractivity (Wildman–Crippen MR) is 102 cm³/mol. The molecule has 3 aromatic rings. The van der Waals surface area contributed by atoms with E-state index in [4.69, 9.17) is 16.1 Å². The van der Waals surface area contributed by atoms with Crippen LogP contribution < -0.4 is 0 Å². The van der Waals surface area contributed by atoms with Gasteiger partial charge in [-0.15, -0.1) is 0 Å². The summed E-state index contributed by atoms with van der Waals surface area (Å²) in [6.07, 6.45) is 1.68. The molecule has 1 amide bonds. The molecular weight excluding hydrogens is 370 g/mol. The highest BCUT2D eigenvalue weighted by Gasteiger charge is 2.17. The fourth-order valence-electron chi connectivity index (χ4n) is 2.48. The maximum Gasteiger partial charge on any atom is 0.256 e. The minimum absolute atomic E-state index is 0.0862. The van der Waals surface area contributed by atoms with Crippen LogP contribution in [0.25, 0.3) is 0 Å². The summed E-state index contributed by atoms with van der Waals surface area (Å²) in [7, 11) is 1.77. The molecule has 5 nitrogen and oxygen atoms in total. The van der Waals surface area contributed by atoms with Crippen LogP contribution in [-0.4, -0.2) is 28.0 Å². The molecule has 0 saturated heterocycles. The molecule has 2 heterocycles. The van der Waals surface area contributed by atoms with E-state index < -0.39 is 0 Å². The van der Waals surface area contributed by atoms with Gasteiger partial charge < -0.3 is 9.42 Å². The lowest BCUT2D eigenvalue weighted by Crippen LogP contribution is -2.26. The van der Waals surface area contributed by atoms with Gasteiger partial charge in [-0.2, -0.15) is 0 Å². The monoisotopic (exact) mass is 387 g/mol. The normalized spacial score (nSPS) is 10.7. The van der Waals surface area contributed by atoms with Crippen molar-refractivity contribution in [1.82, 2.24) is 15.0 Å². The van der Waals surface area contributed by atoms with Crippen LogP contribution in [0.2, 0.25) is 5.02 Å². The quantitative estimate of drug-likeness (QED) is 0.578. The van der Waals surface area contributed by atoms with E-state index in [0.29, 0.717) is 27.9 Å². The van der Waals surface area contributed by atoms with E-state index >= 15 is 0 Å². The number of rotatable bonds is 6. The second-order valence-electron chi connectivity index (χ2n) is 5.86. The van der Waals surface area contributed by atoms with Crippen LogP contribution in [0.1, 0.15) is 27.4 Å². The first-order valence-electron chi connectivity index (χ1n) is 8.03. The first-order valence-corrected chi connectivity index (χ1v) is 9.39. The van der Waals surface area contributed by atoms with Crippen molar-refractivity contribution in [3.8, 4) is 0 Å². The number of halogens is 1. The van der Waals surface area contributed by atoms with Crippen molar-refractivity contribution in [2.75, 3.05) is 7.05 Å². The molecule has 0 bridgehead atoms. The van der Waals surface area contributed by atoms with Crippen molar-refractivity contribution >= 4 is 29.3 Å². The molecule has 0 N–H and O–H groups in total. The number of hydrogen-bond acceptors (Lipinski definition) is 5. The Balaban J connectivity index is 1.72. The number of benzene rings is 1. The van der Waals surface area contributed by atoms with Crippen LogP contribution in [0.3, 0.4) is 0 Å². The number of hydrogen-bond donors (Lipinski definition) is 0. The molecule has 1 aromatic carbocycles. The molecule has 0 fully saturated rings. The van der Waals surface area contributed by atoms with Gasteiger partial charge in [0.1, 0.15) is 10.8 Å². The molecule has 3 rings (SSSR count). The van der Waals surface area contributed by atoms with Crippen LogP contribution in [0.15, 0.2) is 58.2 Å². The molecule has 0 aliphatic rings. The number of aryl methyl sites for hydroxylation is 1. The molecule has 0 aliphatic carbocycles. The molecule has 0 radical (unpaired) electrons. The highest BCUT2D eigenvalue weighted by Crippen LogP contribution is 2.25. The molecule has 0 spiro atoms. The Morgan fingerprint density at radius 1 is 1.27 bits per heavy atom. The van der Waals surface area contributed by atoms with Gasteiger partial charge in [-0.05, 0) is 36.8 Å². The van der Waals surface area contributed by atoms with E-state index in [-0.39, 0.29) is 5.91 Å². The van der Waals surface area contributed by atoms with Crippen LogP contribution >= 0.6 is 23.4 Å². The topological polar surface area (TPSA) is 59.2 Å². The van der Waals surface area contributed by atoms with Crippen molar-refractivity contribution < 1.29 is 9.32 Å². The summed E-state index contributed by atoms with van der Waals surface area (Å²) >= 11 is 7.49. The van der Waals surface area contributed by atoms with Crippen molar-refractivity contribution in [3.05, 3.63) is 76.3 Å². The summed E-state index contributed by atoms with van der Waals surface area (Å²) < 4.78 is 5.08. The fourth-order valence-corrected chi connectivity index (χ4v) is 3.56. The Kier molecular flexibility index (Phi) is 5.96. The first-order chi connectivity index (χ1) is 12.5. The van der Waals surface area contributed by atoms with Crippen molar-refractivity contribution in [3.63, 3.8) is 0 Å². The van der Waals surface area contributed by atoms with E-state index in [1.807, 2.05) is 37.3 Å². The van der Waals surface area contributed by atoms with Gasteiger partial charge in [0, 0.05) is 36.6 Å². The number of nitrogens with zero attached hydrogens (tertiary/aromatic N) is 3. The summed E-state index contributed by atoms with van der Waals surface area (Å²) in [6.45, 7) is 2.32. The Bertz CT molecular complexity index is 913. The van der Waals surface area contributed by atoms with Crippen molar-refractivity contribution in [2.45, 2.75) is 24.2 Å². The number of amides is 1. The van der Waals surface area contributed by atoms with Crippen molar-refractivity contribution in [1.29, 1.82) is 0 Å². The van der Waals surface area contributed by atoms with Gasteiger partial charge in [0.25, 0.3) is 5.91 Å². The molecular formula is C19H18ClN3O2S. The van der Waals surface area contributed by atoms with Crippen LogP contribution in [0, 0.1) is 6.92 Å². The smallest absolute Gasteiger partial charge is 0.256 e. The molecule has 0 atom stereocenters. The summed E-state index contributed by atoms with van der Waals surface area (Å²) in [5, 5.41) is 5.31. The standard InChI is InChI=1S/C19H18ClN3O2S/c1-13-9-16(22-25-13)12-26-18-17(7-4-8-21-18)19(24)23(2)11-14-5-3-6-15(20)10-14/h3-10H,11-12H2,1-2H3. The lowest BCUT2D eigenvalue weighted by atomic mass is 10.2. The maximum atomic E-state index is 12.9. The van der Waals surface area contributed by atoms with E-state index in [1.165, 1.54) is 11.8 Å². The zero-order valence-corrected chi connectivity index (χ0v) is 16.0. The minimum Gasteiger partial charge on any atom is -0.361 e. The molecule has 0 saturated carbocycles. The molecule has 0 aliphatic heterocycles. The average Bonchev–Trinajstić information content (AvgIpc) is 3.05. The summed E-state index contributed by atoms with van der Waals surface area (Å²) in [5.41, 5.74) is 2.37. The Labute approximate surface area is 161 Å². The Morgan fingerprint density at radius 2 is 2.12 bits per heavy atom. The van der Waals surface area contributed by atoms with E-state index in [0.717, 1.165) is 17.0 Å². The first kappa shape index (κ1) is 18.5. The SMILES string of the molecule is Cc1cc(CSc2ncccc2C(=O)N(C)Cc2cccc(Cl)c2)no1. The van der Waals surface area contributed by atoms with Crippen LogP contribution in [0.5, 0.6) is 0 Å². The predicted octanol–water partition coefficient (Wildman–Crippen LogP) is 4.60. The van der Waals surface area contributed by atoms with Gasteiger partial charge >= 0.3 is 0 Å². The number of aromatic nitrogens is 2. The van der Waals surface area contributed by atoms with Gasteiger partial charge in [-0.3, -0.25) is 4.79 Å². The second kappa shape index (κ2) is 8.38. The van der Waals surface area contributed by atoms with Gasteiger partial charge in [0.15, 0.2) is 0 Å².